The van der Waals surface area contributed by atoms with Crippen molar-refractivity contribution in [3.63, 3.8) is 0 Å². The molecule has 4 rings (SSSR count). The normalized spacial score (nSPS) is 20.9. The van der Waals surface area contributed by atoms with Gasteiger partial charge in [-0.3, -0.25) is 14.7 Å². The minimum Gasteiger partial charge on any atom is -0.480 e. The number of aliphatic carboxylic acids is 1. The summed E-state index contributed by atoms with van der Waals surface area (Å²) in [6.07, 6.45) is 5.74. The van der Waals surface area contributed by atoms with Crippen LogP contribution in [0.5, 0.6) is 0 Å². The zero-order valence-corrected chi connectivity index (χ0v) is 19.0. The smallest absolute Gasteiger partial charge is 0.317 e. The zero-order valence-electron chi connectivity index (χ0n) is 17.5. The molecule has 2 fully saturated rings. The number of rotatable bonds is 7. The number of carboxylic acid groups (broad SMARTS) is 1. The highest BCUT2D eigenvalue weighted by molar-refractivity contribution is 6.35. The highest BCUT2D eigenvalue weighted by atomic mass is 35.5. The number of carbonyl (C=O) groups is 1. The van der Waals surface area contributed by atoms with E-state index in [4.69, 9.17) is 33.3 Å². The number of benzene rings is 1. The molecule has 0 aliphatic carbocycles. The SMILES string of the molecule is C[C@@H](Nc1cncc(N2CC([C@@H]3CCCN(CC(=O)O)C3)C2)n1)c1ccc(Cl)cc1Cl. The third kappa shape index (κ3) is 5.40. The van der Waals surface area contributed by atoms with Crippen molar-refractivity contribution in [2.75, 3.05) is 42.9 Å². The van der Waals surface area contributed by atoms with Gasteiger partial charge < -0.3 is 15.3 Å². The monoisotopic (exact) mass is 463 g/mol. The van der Waals surface area contributed by atoms with E-state index in [1.807, 2.05) is 19.1 Å². The van der Waals surface area contributed by atoms with Crippen LogP contribution in [0, 0.1) is 11.8 Å². The van der Waals surface area contributed by atoms with Crippen molar-refractivity contribution in [1.82, 2.24) is 14.9 Å². The molecule has 2 saturated heterocycles. The molecule has 2 aromatic rings. The van der Waals surface area contributed by atoms with Crippen LogP contribution in [0.15, 0.2) is 30.6 Å². The summed E-state index contributed by atoms with van der Waals surface area (Å²) in [4.78, 5) is 24.4. The molecule has 0 amide bonds. The van der Waals surface area contributed by atoms with Gasteiger partial charge in [-0.05, 0) is 55.8 Å². The molecule has 1 aromatic heterocycles. The molecule has 0 radical (unpaired) electrons. The number of likely N-dealkylation sites (tertiary alicyclic amines) is 1. The van der Waals surface area contributed by atoms with Gasteiger partial charge in [0.2, 0.25) is 0 Å². The zero-order chi connectivity index (χ0) is 22.0. The lowest BCUT2D eigenvalue weighted by molar-refractivity contribution is -0.138. The first-order chi connectivity index (χ1) is 14.9. The third-order valence-electron chi connectivity index (χ3n) is 6.22. The van der Waals surface area contributed by atoms with Gasteiger partial charge in [-0.1, -0.05) is 29.3 Å². The number of hydrogen-bond donors (Lipinski definition) is 2. The standard InChI is InChI=1S/C22H27Cl2N5O2/c1-14(18-5-4-17(23)7-19(18)24)26-20-8-25-9-21(27-20)29-11-16(12-29)15-3-2-6-28(10-15)13-22(30)31/h4-5,7-9,14-16H,2-3,6,10-13H2,1H3,(H,26,27)(H,30,31)/t14-,15-/m1/s1. The lowest BCUT2D eigenvalue weighted by atomic mass is 9.80. The van der Waals surface area contributed by atoms with Gasteiger partial charge in [0.05, 0.1) is 25.0 Å². The predicted molar refractivity (Wildman–Crippen MR) is 123 cm³/mol. The summed E-state index contributed by atoms with van der Waals surface area (Å²) in [7, 11) is 0. The first kappa shape index (κ1) is 22.1. The Morgan fingerprint density at radius 2 is 2.06 bits per heavy atom. The van der Waals surface area contributed by atoms with Crippen LogP contribution in [0.25, 0.3) is 0 Å². The first-order valence-electron chi connectivity index (χ1n) is 10.6. The van der Waals surface area contributed by atoms with Crippen LogP contribution in [0.3, 0.4) is 0 Å². The van der Waals surface area contributed by atoms with Crippen LogP contribution < -0.4 is 10.2 Å². The van der Waals surface area contributed by atoms with Crippen molar-refractivity contribution >= 4 is 40.8 Å². The molecule has 2 atom stereocenters. The number of hydrogen-bond acceptors (Lipinski definition) is 6. The van der Waals surface area contributed by atoms with Crippen molar-refractivity contribution in [3.05, 3.63) is 46.2 Å². The van der Waals surface area contributed by atoms with E-state index in [0.29, 0.717) is 27.7 Å². The Morgan fingerprint density at radius 3 is 2.81 bits per heavy atom. The first-order valence-corrected chi connectivity index (χ1v) is 11.4. The molecule has 3 heterocycles. The molecular weight excluding hydrogens is 437 g/mol. The summed E-state index contributed by atoms with van der Waals surface area (Å²) < 4.78 is 0. The lowest BCUT2D eigenvalue weighted by Crippen LogP contribution is -2.54. The van der Waals surface area contributed by atoms with Gasteiger partial charge in [0.1, 0.15) is 11.6 Å². The molecule has 166 valence electrons. The highest BCUT2D eigenvalue weighted by Crippen LogP contribution is 2.34. The van der Waals surface area contributed by atoms with Crippen LogP contribution in [0.1, 0.15) is 31.4 Å². The number of anilines is 2. The van der Waals surface area contributed by atoms with Gasteiger partial charge in [-0.25, -0.2) is 4.98 Å². The highest BCUT2D eigenvalue weighted by Gasteiger charge is 2.36. The van der Waals surface area contributed by atoms with Gasteiger partial charge in [-0.15, -0.1) is 0 Å². The second kappa shape index (κ2) is 9.59. The third-order valence-corrected chi connectivity index (χ3v) is 6.78. The molecule has 0 spiro atoms. The predicted octanol–water partition coefficient (Wildman–Crippen LogP) is 4.19. The molecule has 0 unspecified atom stereocenters. The van der Waals surface area contributed by atoms with Gasteiger partial charge in [0.15, 0.2) is 0 Å². The molecule has 2 N–H and O–H groups in total. The quantitative estimate of drug-likeness (QED) is 0.636. The molecule has 1 aromatic carbocycles. The maximum absolute atomic E-state index is 11.0. The van der Waals surface area contributed by atoms with Crippen LogP contribution in [0.2, 0.25) is 10.0 Å². The maximum atomic E-state index is 11.0. The number of carboxylic acids is 1. The van der Waals surface area contributed by atoms with E-state index in [2.05, 4.69) is 20.1 Å². The summed E-state index contributed by atoms with van der Waals surface area (Å²) in [5, 5.41) is 13.7. The van der Waals surface area contributed by atoms with Crippen LogP contribution >= 0.6 is 23.2 Å². The number of halogens is 2. The van der Waals surface area contributed by atoms with E-state index >= 15 is 0 Å². The molecule has 2 aliphatic rings. The van der Waals surface area contributed by atoms with Gasteiger partial charge in [0.25, 0.3) is 0 Å². The molecule has 9 heteroatoms. The van der Waals surface area contributed by atoms with Crippen molar-refractivity contribution in [1.29, 1.82) is 0 Å². The van der Waals surface area contributed by atoms with Crippen molar-refractivity contribution in [2.45, 2.75) is 25.8 Å². The van der Waals surface area contributed by atoms with Crippen molar-refractivity contribution < 1.29 is 9.90 Å². The second-order valence-electron chi connectivity index (χ2n) is 8.49. The Kier molecular flexibility index (Phi) is 6.84. The average molecular weight is 464 g/mol. The fourth-order valence-corrected chi connectivity index (χ4v) is 5.11. The Balaban J connectivity index is 1.34. The van der Waals surface area contributed by atoms with Crippen molar-refractivity contribution in [2.24, 2.45) is 11.8 Å². The van der Waals surface area contributed by atoms with Crippen LogP contribution in [-0.2, 0) is 4.79 Å². The van der Waals surface area contributed by atoms with Crippen molar-refractivity contribution in [3.8, 4) is 0 Å². The Bertz CT molecular complexity index is 938. The summed E-state index contributed by atoms with van der Waals surface area (Å²) in [5.74, 6) is 1.93. The number of nitrogens with zero attached hydrogens (tertiary/aromatic N) is 4. The summed E-state index contributed by atoms with van der Waals surface area (Å²) >= 11 is 12.3. The fourth-order valence-electron chi connectivity index (χ4n) is 4.54. The van der Waals surface area contributed by atoms with Crippen LogP contribution in [-0.4, -0.2) is 58.7 Å². The lowest BCUT2D eigenvalue weighted by Gasteiger charge is -2.46. The minimum atomic E-state index is -0.746. The molecule has 31 heavy (non-hydrogen) atoms. The number of aromatic nitrogens is 2. The van der Waals surface area contributed by atoms with Gasteiger partial charge >= 0.3 is 5.97 Å². The number of nitrogens with one attached hydrogen (secondary N) is 1. The number of piperidine rings is 1. The van der Waals surface area contributed by atoms with Crippen LogP contribution in [0.4, 0.5) is 11.6 Å². The summed E-state index contributed by atoms with van der Waals surface area (Å²) in [6.45, 7) is 5.78. The second-order valence-corrected chi connectivity index (χ2v) is 9.33. The molecular formula is C22H27Cl2N5O2. The Labute approximate surface area is 192 Å². The molecule has 2 aliphatic heterocycles. The molecule has 7 nitrogen and oxygen atoms in total. The van der Waals surface area contributed by atoms with E-state index < -0.39 is 5.97 Å². The molecule has 0 bridgehead atoms. The van der Waals surface area contributed by atoms with E-state index in [9.17, 15) is 4.79 Å². The van der Waals surface area contributed by atoms with Gasteiger partial charge in [-0.2, -0.15) is 0 Å². The summed E-state index contributed by atoms with van der Waals surface area (Å²) in [6, 6.07) is 5.44. The minimum absolute atomic E-state index is 0.0408. The Morgan fingerprint density at radius 1 is 1.26 bits per heavy atom. The Hall–Kier alpha value is -2.09. The van der Waals surface area contributed by atoms with E-state index in [1.54, 1.807) is 18.5 Å². The van der Waals surface area contributed by atoms with E-state index in [1.165, 1.54) is 6.42 Å². The largest absolute Gasteiger partial charge is 0.480 e. The average Bonchev–Trinajstić information content (AvgIpc) is 2.67. The maximum Gasteiger partial charge on any atom is 0.317 e. The fraction of sp³-hybridized carbons (Fsp3) is 0.500. The van der Waals surface area contributed by atoms with E-state index in [0.717, 1.165) is 44.0 Å². The van der Waals surface area contributed by atoms with Gasteiger partial charge in [0, 0.05) is 29.7 Å². The summed E-state index contributed by atoms with van der Waals surface area (Å²) in [5.41, 5.74) is 0.950. The molecule has 0 saturated carbocycles. The topological polar surface area (TPSA) is 81.6 Å². The van der Waals surface area contributed by atoms with E-state index in [-0.39, 0.29) is 12.6 Å².